The van der Waals surface area contributed by atoms with Crippen molar-refractivity contribution in [3.05, 3.63) is 35.4 Å². The highest BCUT2D eigenvalue weighted by Gasteiger charge is 2.16. The van der Waals surface area contributed by atoms with Gasteiger partial charge in [0.15, 0.2) is 5.78 Å². The predicted octanol–water partition coefficient (Wildman–Crippen LogP) is 4.00. The lowest BCUT2D eigenvalue weighted by Gasteiger charge is -2.12. The van der Waals surface area contributed by atoms with Crippen LogP contribution in [0.15, 0.2) is 29.8 Å². The summed E-state index contributed by atoms with van der Waals surface area (Å²) in [6.45, 7) is 7.66. The molecule has 3 heteroatoms. The number of para-hydroxylation sites is 1. The molecule has 1 aromatic carbocycles. The molecule has 0 saturated carbocycles. The predicted molar refractivity (Wildman–Crippen MR) is 80.3 cm³/mol. The van der Waals surface area contributed by atoms with Crippen molar-refractivity contribution < 1.29 is 9.53 Å². The average Bonchev–Trinajstić information content (AvgIpc) is 2.44. The molecule has 0 unspecified atom stereocenters. The highest BCUT2D eigenvalue weighted by atomic mass is 16.5. The number of carbonyl (C=O) groups is 1. The monoisotopic (exact) mass is 271 g/mol. The molecule has 0 aliphatic rings. The van der Waals surface area contributed by atoms with Crippen LogP contribution >= 0.6 is 0 Å². The van der Waals surface area contributed by atoms with Crippen LogP contribution in [0.25, 0.3) is 6.08 Å². The maximum absolute atomic E-state index is 12.1. The molecule has 1 aromatic rings. The normalized spacial score (nSPS) is 12.9. The summed E-state index contributed by atoms with van der Waals surface area (Å²) in [5.74, 6) is 0.431. The van der Waals surface area contributed by atoms with Gasteiger partial charge in [-0.1, -0.05) is 32.0 Å². The number of ketones is 1. The molecule has 0 radical (unpaired) electrons. The number of hydrogen-bond acceptors (Lipinski definition) is 3. The van der Waals surface area contributed by atoms with Crippen LogP contribution in [0.1, 0.15) is 39.7 Å². The van der Waals surface area contributed by atoms with Crippen LogP contribution in [0.5, 0.6) is 5.75 Å². The van der Waals surface area contributed by atoms with E-state index >= 15 is 0 Å². The Labute approximate surface area is 120 Å². The van der Waals surface area contributed by atoms with Crippen molar-refractivity contribution in [1.82, 2.24) is 0 Å². The van der Waals surface area contributed by atoms with Crippen molar-refractivity contribution in [2.24, 2.45) is 5.92 Å². The summed E-state index contributed by atoms with van der Waals surface area (Å²) in [7, 11) is 0. The highest BCUT2D eigenvalue weighted by molar-refractivity contribution is 6.04. The topological polar surface area (TPSA) is 50.1 Å². The van der Waals surface area contributed by atoms with Crippen molar-refractivity contribution >= 4 is 11.9 Å². The van der Waals surface area contributed by atoms with Gasteiger partial charge in [-0.05, 0) is 32.4 Å². The molecule has 0 amide bonds. The number of nitriles is 1. The fraction of sp³-hybridized carbons (Fsp3) is 0.412. The summed E-state index contributed by atoms with van der Waals surface area (Å²) in [5, 5.41) is 9.20. The van der Waals surface area contributed by atoms with E-state index < -0.39 is 0 Å². The first-order valence-corrected chi connectivity index (χ1v) is 6.91. The van der Waals surface area contributed by atoms with Crippen molar-refractivity contribution in [2.45, 2.75) is 40.2 Å². The molecule has 0 bridgehead atoms. The SMILES string of the molecule is CC[C@@H](C)C(=O)/C(C#N)=C/c1ccccc1OC(C)C. The van der Waals surface area contributed by atoms with E-state index in [1.807, 2.05) is 58.0 Å². The minimum atomic E-state index is -0.140. The molecule has 0 saturated heterocycles. The summed E-state index contributed by atoms with van der Waals surface area (Å²) in [4.78, 5) is 12.1. The lowest BCUT2D eigenvalue weighted by molar-refractivity contribution is -0.118. The van der Waals surface area contributed by atoms with Crippen molar-refractivity contribution in [3.8, 4) is 11.8 Å². The van der Waals surface area contributed by atoms with E-state index in [4.69, 9.17) is 4.74 Å². The lowest BCUT2D eigenvalue weighted by atomic mass is 9.96. The Morgan fingerprint density at radius 2 is 2.00 bits per heavy atom. The van der Waals surface area contributed by atoms with Crippen LogP contribution in [0.2, 0.25) is 0 Å². The second-order valence-electron chi connectivity index (χ2n) is 5.05. The van der Waals surface area contributed by atoms with Crippen molar-refractivity contribution in [2.75, 3.05) is 0 Å². The zero-order valence-electron chi connectivity index (χ0n) is 12.5. The minimum Gasteiger partial charge on any atom is -0.490 e. The fourth-order valence-electron chi connectivity index (χ4n) is 1.73. The molecule has 0 spiro atoms. The van der Waals surface area contributed by atoms with Gasteiger partial charge < -0.3 is 4.74 Å². The first-order valence-electron chi connectivity index (χ1n) is 6.91. The zero-order chi connectivity index (χ0) is 15.1. The first-order chi connectivity index (χ1) is 9.49. The number of benzene rings is 1. The van der Waals surface area contributed by atoms with Crippen molar-refractivity contribution in [3.63, 3.8) is 0 Å². The van der Waals surface area contributed by atoms with Gasteiger partial charge in [0.2, 0.25) is 0 Å². The Morgan fingerprint density at radius 1 is 1.35 bits per heavy atom. The number of nitrogens with zero attached hydrogens (tertiary/aromatic N) is 1. The molecule has 106 valence electrons. The quantitative estimate of drug-likeness (QED) is 0.580. The van der Waals surface area contributed by atoms with Crippen LogP contribution in [0.4, 0.5) is 0 Å². The number of rotatable bonds is 6. The number of allylic oxidation sites excluding steroid dienone is 1. The Kier molecular flexibility index (Phi) is 5.99. The number of hydrogen-bond donors (Lipinski definition) is 0. The zero-order valence-corrected chi connectivity index (χ0v) is 12.5. The van der Waals surface area contributed by atoms with E-state index in [2.05, 4.69) is 0 Å². The summed E-state index contributed by atoms with van der Waals surface area (Å²) in [6, 6.07) is 9.43. The van der Waals surface area contributed by atoms with E-state index in [0.717, 1.165) is 12.0 Å². The summed E-state index contributed by atoms with van der Waals surface area (Å²) < 4.78 is 5.69. The van der Waals surface area contributed by atoms with E-state index in [1.54, 1.807) is 6.08 Å². The van der Waals surface area contributed by atoms with Gasteiger partial charge in [-0.3, -0.25) is 4.79 Å². The van der Waals surface area contributed by atoms with Crippen molar-refractivity contribution in [1.29, 1.82) is 5.26 Å². The third kappa shape index (κ3) is 4.24. The summed E-state index contributed by atoms with van der Waals surface area (Å²) in [6.07, 6.45) is 2.38. The van der Waals surface area contributed by atoms with Crippen LogP contribution in [0, 0.1) is 17.2 Å². The number of carbonyl (C=O) groups excluding carboxylic acids is 1. The van der Waals surface area contributed by atoms with Gasteiger partial charge in [0.1, 0.15) is 11.8 Å². The first kappa shape index (κ1) is 16.0. The maximum atomic E-state index is 12.1. The minimum absolute atomic E-state index is 0.0420. The van der Waals surface area contributed by atoms with E-state index in [0.29, 0.717) is 5.75 Å². The average molecular weight is 271 g/mol. The molecular weight excluding hydrogens is 250 g/mol. The van der Waals surface area contributed by atoms with Crippen LogP contribution in [-0.4, -0.2) is 11.9 Å². The summed E-state index contributed by atoms with van der Waals surface area (Å²) >= 11 is 0. The van der Waals surface area contributed by atoms with Gasteiger partial charge in [-0.25, -0.2) is 0 Å². The highest BCUT2D eigenvalue weighted by Crippen LogP contribution is 2.23. The molecule has 0 aromatic heterocycles. The number of Topliss-reactive ketones (excluding diaryl/α,β-unsaturated/α-hetero) is 1. The lowest BCUT2D eigenvalue weighted by Crippen LogP contribution is -2.12. The van der Waals surface area contributed by atoms with Gasteiger partial charge in [-0.15, -0.1) is 0 Å². The fourth-order valence-corrected chi connectivity index (χ4v) is 1.73. The molecule has 3 nitrogen and oxygen atoms in total. The van der Waals surface area contributed by atoms with E-state index in [1.165, 1.54) is 0 Å². The molecule has 1 atom stereocenters. The molecule has 0 aliphatic carbocycles. The Morgan fingerprint density at radius 3 is 2.55 bits per heavy atom. The Hall–Kier alpha value is -2.08. The van der Waals surface area contributed by atoms with Gasteiger partial charge in [0.25, 0.3) is 0 Å². The standard InChI is InChI=1S/C17H21NO2/c1-5-13(4)17(19)15(11-18)10-14-8-6-7-9-16(14)20-12(2)3/h6-10,12-13H,5H2,1-4H3/b15-10+/t13-/m1/s1. The molecule has 0 N–H and O–H groups in total. The second-order valence-corrected chi connectivity index (χ2v) is 5.05. The Balaban J connectivity index is 3.14. The van der Waals surface area contributed by atoms with E-state index in [9.17, 15) is 10.1 Å². The van der Waals surface area contributed by atoms with Gasteiger partial charge in [-0.2, -0.15) is 5.26 Å². The van der Waals surface area contributed by atoms with Gasteiger partial charge >= 0.3 is 0 Å². The van der Waals surface area contributed by atoms with E-state index in [-0.39, 0.29) is 23.4 Å². The molecular formula is C17H21NO2. The molecule has 0 heterocycles. The van der Waals surface area contributed by atoms with Crippen LogP contribution in [-0.2, 0) is 4.79 Å². The Bertz CT molecular complexity index is 538. The van der Waals surface area contributed by atoms with Crippen LogP contribution < -0.4 is 4.74 Å². The second kappa shape index (κ2) is 7.49. The number of ether oxygens (including phenoxy) is 1. The molecule has 0 aliphatic heterocycles. The smallest absolute Gasteiger partial charge is 0.176 e. The van der Waals surface area contributed by atoms with Gasteiger partial charge in [0, 0.05) is 11.5 Å². The van der Waals surface area contributed by atoms with Crippen LogP contribution in [0.3, 0.4) is 0 Å². The molecule has 20 heavy (non-hydrogen) atoms. The summed E-state index contributed by atoms with van der Waals surface area (Å²) in [5.41, 5.74) is 0.938. The molecule has 0 fully saturated rings. The maximum Gasteiger partial charge on any atom is 0.176 e. The largest absolute Gasteiger partial charge is 0.490 e. The molecule has 1 rings (SSSR count). The van der Waals surface area contributed by atoms with Gasteiger partial charge in [0.05, 0.1) is 11.7 Å². The third-order valence-corrected chi connectivity index (χ3v) is 3.03. The third-order valence-electron chi connectivity index (χ3n) is 3.03.